The molecular weight excluding hydrogens is 248 g/mol. The minimum Gasteiger partial charge on any atom is -0.273 e. The molecule has 112 valence electrons. The minimum atomic E-state index is -0.0259. The second-order valence-electron chi connectivity index (χ2n) is 5.60. The summed E-state index contributed by atoms with van der Waals surface area (Å²) in [7, 11) is 0. The number of unbranched alkanes of at least 4 members (excludes halogenated alkanes) is 1. The van der Waals surface area contributed by atoms with E-state index in [-0.39, 0.29) is 11.8 Å². The van der Waals surface area contributed by atoms with Gasteiger partial charge in [0.2, 0.25) is 5.91 Å². The molecule has 0 fully saturated rings. The fourth-order valence-electron chi connectivity index (χ4n) is 2.54. The predicted molar refractivity (Wildman–Crippen MR) is 85.2 cm³/mol. The summed E-state index contributed by atoms with van der Waals surface area (Å²) in [4.78, 5) is 12.4. The van der Waals surface area contributed by atoms with Crippen LogP contribution in [0.4, 0.5) is 5.69 Å². The molecule has 1 rings (SSSR count). The molecule has 20 heavy (non-hydrogen) atoms. The van der Waals surface area contributed by atoms with E-state index in [1.807, 2.05) is 37.3 Å². The zero-order chi connectivity index (χ0) is 15.0. The van der Waals surface area contributed by atoms with Crippen LogP contribution in [0.3, 0.4) is 0 Å². The number of benzene rings is 1. The second-order valence-corrected chi connectivity index (χ2v) is 5.60. The maximum absolute atomic E-state index is 12.4. The SMILES string of the molecule is CCCCC(CC)CC(C)C(=O)N(N)c1ccccc1. The highest BCUT2D eigenvalue weighted by atomic mass is 16.2. The lowest BCUT2D eigenvalue weighted by Gasteiger charge is -2.24. The van der Waals surface area contributed by atoms with Crippen LogP contribution in [0.5, 0.6) is 0 Å². The van der Waals surface area contributed by atoms with E-state index in [9.17, 15) is 4.79 Å². The van der Waals surface area contributed by atoms with Crippen LogP contribution in [0.2, 0.25) is 0 Å². The summed E-state index contributed by atoms with van der Waals surface area (Å²) < 4.78 is 0. The van der Waals surface area contributed by atoms with E-state index in [2.05, 4.69) is 13.8 Å². The van der Waals surface area contributed by atoms with Gasteiger partial charge >= 0.3 is 0 Å². The Labute approximate surface area is 123 Å². The number of rotatable bonds is 8. The maximum Gasteiger partial charge on any atom is 0.243 e. The normalized spacial score (nSPS) is 13.8. The first-order chi connectivity index (χ1) is 9.60. The lowest BCUT2D eigenvalue weighted by Crippen LogP contribution is -2.41. The van der Waals surface area contributed by atoms with Gasteiger partial charge in [-0.3, -0.25) is 4.79 Å². The predicted octanol–water partition coefficient (Wildman–Crippen LogP) is 4.14. The van der Waals surface area contributed by atoms with Crippen molar-refractivity contribution in [1.29, 1.82) is 0 Å². The number of hydrogen-bond donors (Lipinski definition) is 1. The molecule has 2 N–H and O–H groups in total. The summed E-state index contributed by atoms with van der Waals surface area (Å²) >= 11 is 0. The summed E-state index contributed by atoms with van der Waals surface area (Å²) in [5.74, 6) is 6.54. The average Bonchev–Trinajstić information content (AvgIpc) is 2.50. The summed E-state index contributed by atoms with van der Waals surface area (Å²) in [6, 6.07) is 9.42. The lowest BCUT2D eigenvalue weighted by atomic mass is 9.89. The van der Waals surface area contributed by atoms with Gasteiger partial charge in [0.1, 0.15) is 0 Å². The van der Waals surface area contributed by atoms with Gasteiger partial charge in [-0.15, -0.1) is 0 Å². The quantitative estimate of drug-likeness (QED) is 0.441. The molecule has 0 aliphatic rings. The van der Waals surface area contributed by atoms with Crippen LogP contribution >= 0.6 is 0 Å². The third-order valence-corrected chi connectivity index (χ3v) is 3.92. The molecule has 0 aliphatic heterocycles. The Bertz CT molecular complexity index is 391. The molecule has 0 saturated heterocycles. The Kier molecular flexibility index (Phi) is 7.31. The minimum absolute atomic E-state index is 0.00569. The molecule has 0 aliphatic carbocycles. The van der Waals surface area contributed by atoms with Crippen molar-refractivity contribution in [2.45, 2.75) is 52.9 Å². The van der Waals surface area contributed by atoms with E-state index in [1.165, 1.54) is 24.3 Å². The zero-order valence-electron chi connectivity index (χ0n) is 13.0. The van der Waals surface area contributed by atoms with E-state index in [0.717, 1.165) is 18.5 Å². The fraction of sp³-hybridized carbons (Fsp3) is 0.588. The summed E-state index contributed by atoms with van der Waals surface area (Å²) in [6.45, 7) is 6.40. The number of carbonyl (C=O) groups is 1. The van der Waals surface area contributed by atoms with E-state index >= 15 is 0 Å². The van der Waals surface area contributed by atoms with E-state index in [1.54, 1.807) is 0 Å². The molecule has 0 heterocycles. The highest BCUT2D eigenvalue weighted by molar-refractivity contribution is 5.93. The topological polar surface area (TPSA) is 46.3 Å². The molecule has 0 radical (unpaired) electrons. The van der Waals surface area contributed by atoms with Gasteiger partial charge < -0.3 is 0 Å². The number of amides is 1. The van der Waals surface area contributed by atoms with Crippen molar-refractivity contribution in [3.63, 3.8) is 0 Å². The third-order valence-electron chi connectivity index (χ3n) is 3.92. The van der Waals surface area contributed by atoms with Crippen molar-refractivity contribution in [3.8, 4) is 0 Å². The second kappa shape index (κ2) is 8.75. The number of hydrazine groups is 1. The summed E-state index contributed by atoms with van der Waals surface area (Å²) in [5, 5.41) is 1.29. The highest BCUT2D eigenvalue weighted by Gasteiger charge is 2.22. The molecule has 1 amide bonds. The molecule has 1 aromatic rings. The van der Waals surface area contributed by atoms with Crippen molar-refractivity contribution in [3.05, 3.63) is 30.3 Å². The largest absolute Gasteiger partial charge is 0.273 e. The first-order valence-corrected chi connectivity index (χ1v) is 7.73. The Morgan fingerprint density at radius 3 is 2.45 bits per heavy atom. The molecule has 0 spiro atoms. The van der Waals surface area contributed by atoms with Gasteiger partial charge in [0.15, 0.2) is 0 Å². The molecule has 3 nitrogen and oxygen atoms in total. The monoisotopic (exact) mass is 276 g/mol. The average molecular weight is 276 g/mol. The number of nitrogens with zero attached hydrogens (tertiary/aromatic N) is 1. The lowest BCUT2D eigenvalue weighted by molar-refractivity contribution is -0.122. The van der Waals surface area contributed by atoms with Crippen LogP contribution in [-0.4, -0.2) is 5.91 Å². The maximum atomic E-state index is 12.4. The van der Waals surface area contributed by atoms with E-state index in [0.29, 0.717) is 5.92 Å². The Morgan fingerprint density at radius 2 is 1.90 bits per heavy atom. The van der Waals surface area contributed by atoms with E-state index < -0.39 is 0 Å². The van der Waals surface area contributed by atoms with Gasteiger partial charge in [0.25, 0.3) is 0 Å². The molecule has 2 atom stereocenters. The molecule has 1 aromatic carbocycles. The van der Waals surface area contributed by atoms with Crippen molar-refractivity contribution >= 4 is 11.6 Å². The number of para-hydroxylation sites is 1. The molecule has 2 unspecified atom stereocenters. The Balaban J connectivity index is 2.57. The first kappa shape index (κ1) is 16.7. The van der Waals surface area contributed by atoms with Gasteiger partial charge in [-0.2, -0.15) is 0 Å². The summed E-state index contributed by atoms with van der Waals surface area (Å²) in [5.41, 5.74) is 0.756. The highest BCUT2D eigenvalue weighted by Crippen LogP contribution is 2.23. The molecule has 3 heteroatoms. The molecule has 0 aromatic heterocycles. The third kappa shape index (κ3) is 4.97. The van der Waals surface area contributed by atoms with Crippen molar-refractivity contribution in [2.75, 3.05) is 5.01 Å². The standard InChI is InChI=1S/C17H28N2O/c1-4-6-10-15(5-2)13-14(3)17(20)19(18)16-11-8-7-9-12-16/h7-9,11-12,14-15H,4-6,10,13,18H2,1-3H3. The van der Waals surface area contributed by atoms with E-state index in [4.69, 9.17) is 5.84 Å². The van der Waals surface area contributed by atoms with Crippen molar-refractivity contribution in [2.24, 2.45) is 17.7 Å². The summed E-state index contributed by atoms with van der Waals surface area (Å²) in [6.07, 6.45) is 5.72. The van der Waals surface area contributed by atoms with Crippen LogP contribution < -0.4 is 10.9 Å². The Morgan fingerprint density at radius 1 is 1.25 bits per heavy atom. The Hall–Kier alpha value is -1.35. The van der Waals surface area contributed by atoms with Gasteiger partial charge in [0.05, 0.1) is 5.69 Å². The van der Waals surface area contributed by atoms with Crippen LogP contribution in [-0.2, 0) is 4.79 Å². The van der Waals surface area contributed by atoms with Crippen molar-refractivity contribution in [1.82, 2.24) is 0 Å². The number of hydrogen-bond acceptors (Lipinski definition) is 2. The van der Waals surface area contributed by atoms with Crippen LogP contribution in [0.25, 0.3) is 0 Å². The van der Waals surface area contributed by atoms with Crippen LogP contribution in [0, 0.1) is 11.8 Å². The van der Waals surface area contributed by atoms with Crippen molar-refractivity contribution < 1.29 is 4.79 Å². The number of nitrogens with two attached hydrogens (primary N) is 1. The smallest absolute Gasteiger partial charge is 0.243 e. The molecule has 0 bridgehead atoms. The number of carbonyl (C=O) groups excluding carboxylic acids is 1. The first-order valence-electron chi connectivity index (χ1n) is 7.73. The van der Waals surface area contributed by atoms with Crippen LogP contribution in [0.15, 0.2) is 30.3 Å². The van der Waals surface area contributed by atoms with Gasteiger partial charge in [-0.05, 0) is 24.5 Å². The fourth-order valence-corrected chi connectivity index (χ4v) is 2.54. The zero-order valence-corrected chi connectivity index (χ0v) is 13.0. The number of anilines is 1. The van der Waals surface area contributed by atoms with Gasteiger partial charge in [-0.1, -0.05) is 64.7 Å². The van der Waals surface area contributed by atoms with Gasteiger partial charge in [-0.25, -0.2) is 10.9 Å². The molecular formula is C17H28N2O. The van der Waals surface area contributed by atoms with Crippen LogP contribution in [0.1, 0.15) is 52.9 Å². The molecule has 0 saturated carbocycles. The van der Waals surface area contributed by atoms with Gasteiger partial charge in [0, 0.05) is 5.92 Å².